The molecule has 0 aliphatic carbocycles. The van der Waals surface area contributed by atoms with E-state index >= 15 is 0 Å². The molecule has 5 nitrogen and oxygen atoms in total. The Labute approximate surface area is 127 Å². The summed E-state index contributed by atoms with van der Waals surface area (Å²) in [5, 5.41) is 12.4. The number of rotatable bonds is 3. The second-order valence-corrected chi connectivity index (χ2v) is 4.79. The third-order valence-electron chi connectivity index (χ3n) is 2.95. The molecule has 1 N–H and O–H groups in total. The topological polar surface area (TPSA) is 64.3 Å². The van der Waals surface area contributed by atoms with Crippen molar-refractivity contribution in [1.29, 1.82) is 0 Å². The highest BCUT2D eigenvalue weighted by Crippen LogP contribution is 2.41. The number of aromatic carboxylic acids is 1. The molecule has 0 bridgehead atoms. The van der Waals surface area contributed by atoms with Crippen molar-refractivity contribution in [2.75, 3.05) is 7.11 Å². The number of hydrogen-bond acceptors (Lipinski definition) is 3. The molecule has 1 aromatic heterocycles. The predicted molar refractivity (Wildman–Crippen MR) is 72.2 cm³/mol. The van der Waals surface area contributed by atoms with E-state index in [0.29, 0.717) is 0 Å². The number of ether oxygens (including phenoxy) is 1. The van der Waals surface area contributed by atoms with Gasteiger partial charge in [-0.25, -0.2) is 4.79 Å². The molecule has 0 fully saturated rings. The Morgan fingerprint density at radius 3 is 2.45 bits per heavy atom. The third kappa shape index (κ3) is 2.87. The minimum absolute atomic E-state index is 0.00447. The number of carboxylic acids is 1. The van der Waals surface area contributed by atoms with Gasteiger partial charge in [0.1, 0.15) is 5.75 Å². The van der Waals surface area contributed by atoms with Crippen LogP contribution in [0.15, 0.2) is 18.2 Å². The summed E-state index contributed by atoms with van der Waals surface area (Å²) >= 11 is 5.84. The largest absolute Gasteiger partial charge is 0.494 e. The van der Waals surface area contributed by atoms with Crippen LogP contribution in [0.5, 0.6) is 5.75 Å². The van der Waals surface area contributed by atoms with Crippen molar-refractivity contribution < 1.29 is 27.8 Å². The first-order valence-corrected chi connectivity index (χ1v) is 6.25. The molecule has 0 amide bonds. The highest BCUT2D eigenvalue weighted by atomic mass is 35.5. The van der Waals surface area contributed by atoms with Crippen molar-refractivity contribution in [1.82, 2.24) is 9.78 Å². The van der Waals surface area contributed by atoms with Gasteiger partial charge in [0, 0.05) is 12.6 Å². The van der Waals surface area contributed by atoms with E-state index in [1.54, 1.807) is 0 Å². The van der Waals surface area contributed by atoms with E-state index in [-0.39, 0.29) is 27.7 Å². The van der Waals surface area contributed by atoms with Gasteiger partial charge in [-0.1, -0.05) is 11.6 Å². The van der Waals surface area contributed by atoms with Crippen LogP contribution in [0.25, 0.3) is 11.3 Å². The molecule has 0 radical (unpaired) electrons. The Morgan fingerprint density at radius 1 is 1.36 bits per heavy atom. The molecular weight excluding hydrogens is 325 g/mol. The lowest BCUT2D eigenvalue weighted by molar-refractivity contribution is -0.137. The smallest absolute Gasteiger partial charge is 0.416 e. The number of carbonyl (C=O) groups is 1. The van der Waals surface area contributed by atoms with Gasteiger partial charge in [-0.15, -0.1) is 0 Å². The van der Waals surface area contributed by atoms with Crippen LogP contribution in [0, 0.1) is 0 Å². The fourth-order valence-corrected chi connectivity index (χ4v) is 2.28. The second kappa shape index (κ2) is 5.53. The average Bonchev–Trinajstić information content (AvgIpc) is 2.79. The summed E-state index contributed by atoms with van der Waals surface area (Å²) in [5.41, 5.74) is -1.12. The predicted octanol–water partition coefficient (Wildman–Crippen LogP) is 3.47. The fourth-order valence-electron chi connectivity index (χ4n) is 1.98. The minimum Gasteiger partial charge on any atom is -0.494 e. The van der Waals surface area contributed by atoms with E-state index in [1.807, 2.05) is 0 Å². The summed E-state index contributed by atoms with van der Waals surface area (Å²) in [7, 11) is 2.67. The Bertz CT molecular complexity index is 741. The summed E-state index contributed by atoms with van der Waals surface area (Å²) in [6.45, 7) is 0. The standard InChI is InChI=1S/C13H10ClF3N2O3/c1-19-10(5-9(18-19)12(20)21)7-3-6(13(15,16)17)4-8(14)11(7)22-2/h3-5H,1-2H3,(H,20,21). The number of carboxylic acid groups (broad SMARTS) is 1. The molecular formula is C13H10ClF3N2O3. The van der Waals surface area contributed by atoms with Gasteiger partial charge in [0.2, 0.25) is 0 Å². The second-order valence-electron chi connectivity index (χ2n) is 4.38. The van der Waals surface area contributed by atoms with Crippen LogP contribution in [0.2, 0.25) is 5.02 Å². The number of alkyl halides is 3. The summed E-state index contributed by atoms with van der Waals surface area (Å²) in [5.74, 6) is -1.28. The number of aryl methyl sites for hydroxylation is 1. The normalized spacial score (nSPS) is 11.5. The lowest BCUT2D eigenvalue weighted by atomic mass is 10.1. The van der Waals surface area contributed by atoms with E-state index in [9.17, 15) is 18.0 Å². The number of aromatic nitrogens is 2. The summed E-state index contributed by atoms with van der Waals surface area (Å²) in [6, 6.07) is 2.74. The molecule has 118 valence electrons. The number of hydrogen-bond donors (Lipinski definition) is 1. The quantitative estimate of drug-likeness (QED) is 0.933. The van der Waals surface area contributed by atoms with Gasteiger partial charge in [0.25, 0.3) is 0 Å². The molecule has 0 atom stereocenters. The Balaban J connectivity index is 2.73. The zero-order valence-electron chi connectivity index (χ0n) is 11.4. The highest BCUT2D eigenvalue weighted by Gasteiger charge is 2.33. The molecule has 0 spiro atoms. The van der Waals surface area contributed by atoms with Crippen molar-refractivity contribution in [2.45, 2.75) is 6.18 Å². The molecule has 9 heteroatoms. The lowest BCUT2D eigenvalue weighted by Crippen LogP contribution is -2.06. The number of nitrogens with zero attached hydrogens (tertiary/aromatic N) is 2. The lowest BCUT2D eigenvalue weighted by Gasteiger charge is -2.14. The Kier molecular flexibility index (Phi) is 4.06. The summed E-state index contributed by atoms with van der Waals surface area (Å²) in [4.78, 5) is 10.9. The zero-order chi connectivity index (χ0) is 16.7. The summed E-state index contributed by atoms with van der Waals surface area (Å²) < 4.78 is 44.9. The first-order chi connectivity index (χ1) is 10.1. The zero-order valence-corrected chi connectivity index (χ0v) is 12.2. The van der Waals surface area contributed by atoms with E-state index in [0.717, 1.165) is 22.9 Å². The SMILES string of the molecule is COc1c(Cl)cc(C(F)(F)F)cc1-c1cc(C(=O)O)nn1C. The van der Waals surface area contributed by atoms with Crippen molar-refractivity contribution >= 4 is 17.6 Å². The maximum Gasteiger partial charge on any atom is 0.416 e. The fraction of sp³-hybridized carbons (Fsp3) is 0.231. The van der Waals surface area contributed by atoms with Gasteiger partial charge in [0.15, 0.2) is 5.69 Å². The molecule has 2 rings (SSSR count). The van der Waals surface area contributed by atoms with Crippen molar-refractivity contribution in [2.24, 2.45) is 7.05 Å². The molecule has 1 heterocycles. The van der Waals surface area contributed by atoms with E-state index in [4.69, 9.17) is 21.4 Å². The van der Waals surface area contributed by atoms with Gasteiger partial charge in [0.05, 0.1) is 23.4 Å². The minimum atomic E-state index is -4.60. The Hall–Kier alpha value is -2.22. The van der Waals surface area contributed by atoms with Crippen LogP contribution in [0.3, 0.4) is 0 Å². The highest BCUT2D eigenvalue weighted by molar-refractivity contribution is 6.32. The van der Waals surface area contributed by atoms with Crippen LogP contribution < -0.4 is 4.74 Å². The first kappa shape index (κ1) is 16.2. The first-order valence-electron chi connectivity index (χ1n) is 5.87. The van der Waals surface area contributed by atoms with Gasteiger partial charge in [-0.3, -0.25) is 4.68 Å². The van der Waals surface area contributed by atoms with Crippen LogP contribution in [-0.4, -0.2) is 28.0 Å². The molecule has 0 unspecified atom stereocenters. The van der Waals surface area contributed by atoms with Gasteiger partial charge >= 0.3 is 12.1 Å². The van der Waals surface area contributed by atoms with Crippen LogP contribution >= 0.6 is 11.6 Å². The van der Waals surface area contributed by atoms with Gasteiger partial charge in [-0.05, 0) is 18.2 Å². The van der Waals surface area contributed by atoms with Gasteiger partial charge < -0.3 is 9.84 Å². The maximum absolute atomic E-state index is 12.9. The van der Waals surface area contributed by atoms with Crippen LogP contribution in [0.4, 0.5) is 13.2 Å². The van der Waals surface area contributed by atoms with Crippen molar-refractivity contribution in [3.8, 4) is 17.0 Å². The van der Waals surface area contributed by atoms with Gasteiger partial charge in [-0.2, -0.15) is 18.3 Å². The number of benzene rings is 1. The Morgan fingerprint density at radius 2 is 2.00 bits per heavy atom. The maximum atomic E-state index is 12.9. The van der Waals surface area contributed by atoms with Crippen LogP contribution in [0.1, 0.15) is 16.1 Å². The molecule has 0 saturated carbocycles. The monoisotopic (exact) mass is 334 g/mol. The number of methoxy groups -OCH3 is 1. The summed E-state index contributed by atoms with van der Waals surface area (Å²) in [6.07, 6.45) is -4.60. The van der Waals surface area contributed by atoms with E-state index in [1.165, 1.54) is 14.2 Å². The molecule has 0 aliphatic rings. The number of halogens is 4. The molecule has 1 aromatic carbocycles. The molecule has 0 aliphatic heterocycles. The average molecular weight is 335 g/mol. The molecule has 0 saturated heterocycles. The molecule has 22 heavy (non-hydrogen) atoms. The van der Waals surface area contributed by atoms with E-state index < -0.39 is 17.7 Å². The van der Waals surface area contributed by atoms with Crippen molar-refractivity contribution in [3.63, 3.8) is 0 Å². The van der Waals surface area contributed by atoms with E-state index in [2.05, 4.69) is 5.10 Å². The third-order valence-corrected chi connectivity index (χ3v) is 3.23. The van der Waals surface area contributed by atoms with Crippen molar-refractivity contribution in [3.05, 3.63) is 34.5 Å². The van der Waals surface area contributed by atoms with Crippen LogP contribution in [-0.2, 0) is 13.2 Å². The molecule has 2 aromatic rings.